The van der Waals surface area contributed by atoms with Gasteiger partial charge in [-0.25, -0.2) is 0 Å². The monoisotopic (exact) mass is 916 g/mol. The zero-order chi connectivity index (χ0) is 47.2. The SMILES string of the molecule is CCCCCCCCCCCCCC/C=C/C(O)C(CO)NC(=O)CCCCCCCCC/C=C\CCCCCCOC(=O)CCCCCCCCCCCCCCCCCCCCC. The number of amides is 1. The summed E-state index contributed by atoms with van der Waals surface area (Å²) in [5, 5.41) is 23.1. The molecule has 6 heteroatoms. The normalized spacial score (nSPS) is 12.7. The maximum absolute atomic E-state index is 12.4. The van der Waals surface area contributed by atoms with Crippen molar-refractivity contribution in [1.82, 2.24) is 5.32 Å². The number of rotatable bonds is 54. The Morgan fingerprint density at radius 1 is 0.415 bits per heavy atom. The lowest BCUT2D eigenvalue weighted by molar-refractivity contribution is -0.143. The first kappa shape index (κ1) is 63.3. The Labute approximate surface area is 405 Å². The van der Waals surface area contributed by atoms with E-state index in [9.17, 15) is 19.8 Å². The van der Waals surface area contributed by atoms with Crippen LogP contribution in [-0.2, 0) is 14.3 Å². The van der Waals surface area contributed by atoms with Crippen LogP contribution in [0.15, 0.2) is 24.3 Å². The summed E-state index contributed by atoms with van der Waals surface area (Å²) in [6, 6.07) is -0.638. The minimum Gasteiger partial charge on any atom is -0.466 e. The predicted octanol–water partition coefficient (Wildman–Crippen LogP) is 17.9. The lowest BCUT2D eigenvalue weighted by Gasteiger charge is -2.20. The third kappa shape index (κ3) is 51.6. The van der Waals surface area contributed by atoms with Crippen LogP contribution < -0.4 is 5.32 Å². The largest absolute Gasteiger partial charge is 0.466 e. The van der Waals surface area contributed by atoms with Crippen LogP contribution in [0.2, 0.25) is 0 Å². The van der Waals surface area contributed by atoms with Crippen molar-refractivity contribution in [1.29, 1.82) is 0 Å². The summed E-state index contributed by atoms with van der Waals surface area (Å²) in [4.78, 5) is 24.5. The first-order valence-corrected chi connectivity index (χ1v) is 29.1. The van der Waals surface area contributed by atoms with E-state index in [0.717, 1.165) is 70.6 Å². The van der Waals surface area contributed by atoms with Crippen molar-refractivity contribution in [2.45, 2.75) is 328 Å². The van der Waals surface area contributed by atoms with Crippen molar-refractivity contribution in [2.75, 3.05) is 13.2 Å². The molecule has 0 saturated heterocycles. The number of carbonyl (C=O) groups excluding carboxylic acids is 2. The van der Waals surface area contributed by atoms with Crippen LogP contribution in [-0.4, -0.2) is 47.4 Å². The van der Waals surface area contributed by atoms with Gasteiger partial charge in [-0.15, -0.1) is 0 Å². The van der Waals surface area contributed by atoms with Crippen LogP contribution in [0.5, 0.6) is 0 Å². The quantitative estimate of drug-likeness (QED) is 0.0321. The highest BCUT2D eigenvalue weighted by Gasteiger charge is 2.18. The molecular formula is C59H113NO5. The van der Waals surface area contributed by atoms with Crippen molar-refractivity contribution in [3.8, 4) is 0 Å². The summed E-state index contributed by atoms with van der Waals surface area (Å²) in [7, 11) is 0. The maximum atomic E-state index is 12.4. The fourth-order valence-corrected chi connectivity index (χ4v) is 8.98. The van der Waals surface area contributed by atoms with Crippen LogP contribution in [0.25, 0.3) is 0 Å². The highest BCUT2D eigenvalue weighted by molar-refractivity contribution is 5.76. The minimum atomic E-state index is -0.853. The summed E-state index contributed by atoms with van der Waals surface area (Å²) in [5.74, 6) is -0.0886. The Kier molecular flexibility index (Phi) is 53.5. The van der Waals surface area contributed by atoms with Crippen molar-refractivity contribution in [3.63, 3.8) is 0 Å². The van der Waals surface area contributed by atoms with Crippen LogP contribution in [0.1, 0.15) is 316 Å². The lowest BCUT2D eigenvalue weighted by atomic mass is 10.0. The molecule has 0 fully saturated rings. The Hall–Kier alpha value is -1.66. The Bertz CT molecular complexity index is 1010. The molecule has 0 radical (unpaired) electrons. The Morgan fingerprint density at radius 2 is 0.723 bits per heavy atom. The Balaban J connectivity index is 3.46. The number of aliphatic hydroxyl groups is 2. The van der Waals surface area contributed by atoms with E-state index < -0.39 is 12.1 Å². The molecule has 384 valence electrons. The molecule has 0 aliphatic rings. The van der Waals surface area contributed by atoms with Crippen LogP contribution in [0.3, 0.4) is 0 Å². The van der Waals surface area contributed by atoms with Gasteiger partial charge < -0.3 is 20.3 Å². The number of ether oxygens (including phenoxy) is 1. The van der Waals surface area contributed by atoms with Crippen molar-refractivity contribution in [3.05, 3.63) is 24.3 Å². The molecule has 2 atom stereocenters. The molecule has 0 aliphatic heterocycles. The van der Waals surface area contributed by atoms with E-state index >= 15 is 0 Å². The van der Waals surface area contributed by atoms with Gasteiger partial charge in [0.1, 0.15) is 0 Å². The number of carbonyl (C=O) groups is 2. The molecule has 0 heterocycles. The van der Waals surface area contributed by atoms with Gasteiger partial charge in [0, 0.05) is 12.8 Å². The first-order valence-electron chi connectivity index (χ1n) is 29.1. The molecule has 1 amide bonds. The number of nitrogens with one attached hydrogen (secondary N) is 1. The van der Waals surface area contributed by atoms with Gasteiger partial charge in [-0.1, -0.05) is 269 Å². The van der Waals surface area contributed by atoms with Gasteiger partial charge in [-0.3, -0.25) is 9.59 Å². The lowest BCUT2D eigenvalue weighted by Crippen LogP contribution is -2.45. The smallest absolute Gasteiger partial charge is 0.305 e. The van der Waals surface area contributed by atoms with Crippen molar-refractivity contribution in [2.24, 2.45) is 0 Å². The standard InChI is InChI=1S/C59H113NO5/c1-3-5-7-9-11-13-15-17-19-20-21-22-25-29-33-37-41-45-49-53-59(64)65-54-50-46-42-38-34-30-26-23-24-28-32-36-40-44-48-52-58(63)60-56(55-61)57(62)51-47-43-39-35-31-27-18-16-14-12-10-8-6-4-2/h26,30,47,51,56-57,61-62H,3-25,27-29,31-46,48-50,52-55H2,1-2H3,(H,60,63)/b30-26-,51-47+. The molecule has 2 unspecified atom stereocenters. The van der Waals surface area contributed by atoms with Gasteiger partial charge in [0.15, 0.2) is 0 Å². The summed E-state index contributed by atoms with van der Waals surface area (Å²) < 4.78 is 5.48. The highest BCUT2D eigenvalue weighted by Crippen LogP contribution is 2.17. The highest BCUT2D eigenvalue weighted by atomic mass is 16.5. The molecule has 0 rings (SSSR count). The molecule has 0 aromatic carbocycles. The number of hydrogen-bond acceptors (Lipinski definition) is 5. The second-order valence-corrected chi connectivity index (χ2v) is 20.0. The third-order valence-electron chi connectivity index (χ3n) is 13.5. The molecule has 0 saturated carbocycles. The number of allylic oxidation sites excluding steroid dienone is 3. The van der Waals surface area contributed by atoms with Crippen LogP contribution in [0.4, 0.5) is 0 Å². The van der Waals surface area contributed by atoms with Gasteiger partial charge >= 0.3 is 5.97 Å². The molecule has 0 bridgehead atoms. The van der Waals surface area contributed by atoms with E-state index in [2.05, 4.69) is 31.3 Å². The zero-order valence-corrected chi connectivity index (χ0v) is 43.7. The van der Waals surface area contributed by atoms with Crippen molar-refractivity contribution < 1.29 is 24.5 Å². The fourth-order valence-electron chi connectivity index (χ4n) is 8.98. The summed E-state index contributed by atoms with van der Waals surface area (Å²) in [5.41, 5.74) is 0. The van der Waals surface area contributed by atoms with Crippen molar-refractivity contribution >= 4 is 11.9 Å². The number of aliphatic hydroxyl groups excluding tert-OH is 2. The van der Waals surface area contributed by atoms with Crippen LogP contribution >= 0.6 is 0 Å². The number of hydrogen-bond donors (Lipinski definition) is 3. The van der Waals surface area contributed by atoms with Crippen LogP contribution in [0, 0.1) is 0 Å². The van der Waals surface area contributed by atoms with Gasteiger partial charge in [0.25, 0.3) is 0 Å². The zero-order valence-electron chi connectivity index (χ0n) is 43.7. The van der Waals surface area contributed by atoms with E-state index in [1.54, 1.807) is 6.08 Å². The molecule has 0 aliphatic carbocycles. The summed E-state index contributed by atoms with van der Waals surface area (Å²) >= 11 is 0. The predicted molar refractivity (Wildman–Crippen MR) is 283 cm³/mol. The average molecular weight is 917 g/mol. The summed E-state index contributed by atoms with van der Waals surface area (Å²) in [6.07, 6.45) is 66.3. The average Bonchev–Trinajstić information content (AvgIpc) is 3.31. The topological polar surface area (TPSA) is 95.9 Å². The van der Waals surface area contributed by atoms with E-state index in [-0.39, 0.29) is 18.5 Å². The molecule has 6 nitrogen and oxygen atoms in total. The summed E-state index contributed by atoms with van der Waals surface area (Å²) in [6.45, 7) is 4.88. The molecule has 0 aromatic rings. The van der Waals surface area contributed by atoms with Gasteiger partial charge in [0.2, 0.25) is 5.91 Å². The fraction of sp³-hybridized carbons (Fsp3) is 0.898. The first-order chi connectivity index (χ1) is 32.0. The molecule has 0 spiro atoms. The van der Waals surface area contributed by atoms with E-state index in [1.165, 1.54) is 218 Å². The number of esters is 1. The minimum absolute atomic E-state index is 0.00637. The van der Waals surface area contributed by atoms with Gasteiger partial charge in [-0.2, -0.15) is 0 Å². The molecule has 3 N–H and O–H groups in total. The number of unbranched alkanes of at least 4 members (excludes halogenated alkanes) is 41. The van der Waals surface area contributed by atoms with E-state index in [0.29, 0.717) is 19.4 Å². The molecular weight excluding hydrogens is 803 g/mol. The molecule has 0 aromatic heterocycles. The Morgan fingerprint density at radius 3 is 1.09 bits per heavy atom. The second kappa shape index (κ2) is 54.9. The molecule has 65 heavy (non-hydrogen) atoms. The van der Waals surface area contributed by atoms with Gasteiger partial charge in [-0.05, 0) is 57.8 Å². The van der Waals surface area contributed by atoms with E-state index in [1.807, 2.05) is 6.08 Å². The van der Waals surface area contributed by atoms with E-state index in [4.69, 9.17) is 4.74 Å². The second-order valence-electron chi connectivity index (χ2n) is 20.0. The third-order valence-corrected chi connectivity index (χ3v) is 13.5. The van der Waals surface area contributed by atoms with Gasteiger partial charge in [0.05, 0.1) is 25.4 Å². The maximum Gasteiger partial charge on any atom is 0.305 e.